The number of carbonyl (C=O) groups excluding carboxylic acids is 1. The Balaban J connectivity index is 2.53. The van der Waals surface area contributed by atoms with Gasteiger partial charge in [-0.1, -0.05) is 18.2 Å². The lowest BCUT2D eigenvalue weighted by Gasteiger charge is -2.08. The van der Waals surface area contributed by atoms with Crippen molar-refractivity contribution in [1.29, 1.82) is 0 Å². The number of para-hydroxylation sites is 1. The summed E-state index contributed by atoms with van der Waals surface area (Å²) >= 11 is 1.06. The van der Waals surface area contributed by atoms with Gasteiger partial charge in [-0.25, -0.2) is 4.98 Å². The van der Waals surface area contributed by atoms with Crippen molar-refractivity contribution in [3.05, 3.63) is 36.0 Å². The number of aliphatic carboxylic acids is 1. The van der Waals surface area contributed by atoms with Crippen molar-refractivity contribution in [2.24, 2.45) is 0 Å². The van der Waals surface area contributed by atoms with Gasteiger partial charge in [-0.3, -0.25) is 4.79 Å². The van der Waals surface area contributed by atoms with Crippen molar-refractivity contribution in [3.8, 4) is 0 Å². The number of pyridine rings is 1. The van der Waals surface area contributed by atoms with Crippen LogP contribution < -0.4 is 5.11 Å². The van der Waals surface area contributed by atoms with Gasteiger partial charge >= 0.3 is 5.97 Å². The van der Waals surface area contributed by atoms with Gasteiger partial charge < -0.3 is 15.0 Å². The molecule has 0 aliphatic carbocycles. The van der Waals surface area contributed by atoms with Gasteiger partial charge in [-0.15, -0.1) is 11.8 Å². The number of hydrogen-bond acceptors (Lipinski definition) is 5. The van der Waals surface area contributed by atoms with E-state index in [4.69, 9.17) is 5.11 Å². The summed E-state index contributed by atoms with van der Waals surface area (Å²) in [6.07, 6.45) is 0. The maximum Gasteiger partial charge on any atom is 0.313 e. The van der Waals surface area contributed by atoms with Gasteiger partial charge in [-0.2, -0.15) is 0 Å². The average molecular weight is 262 g/mol. The highest BCUT2D eigenvalue weighted by Crippen LogP contribution is 2.27. The minimum absolute atomic E-state index is 0.138. The zero-order valence-corrected chi connectivity index (χ0v) is 9.94. The smallest absolute Gasteiger partial charge is 0.313 e. The minimum Gasteiger partial charge on any atom is -0.543 e. The molecule has 0 atom stereocenters. The van der Waals surface area contributed by atoms with Crippen molar-refractivity contribution in [2.45, 2.75) is 4.90 Å². The zero-order valence-electron chi connectivity index (χ0n) is 9.12. The maximum absolute atomic E-state index is 10.8. The fourth-order valence-corrected chi connectivity index (χ4v) is 2.31. The molecule has 1 N–H and O–H groups in total. The van der Waals surface area contributed by atoms with E-state index in [-0.39, 0.29) is 11.4 Å². The summed E-state index contributed by atoms with van der Waals surface area (Å²) in [4.78, 5) is 25.9. The number of nitrogens with zero attached hydrogens (tertiary/aromatic N) is 1. The first kappa shape index (κ1) is 12.4. The fraction of sp³-hybridized carbons (Fsp3) is 0.0833. The Morgan fingerprint density at radius 2 is 2.06 bits per heavy atom. The van der Waals surface area contributed by atoms with Gasteiger partial charge in [0.15, 0.2) is 0 Å². The number of benzene rings is 1. The van der Waals surface area contributed by atoms with Crippen LogP contribution in [0.2, 0.25) is 0 Å². The third kappa shape index (κ3) is 2.60. The second-order valence-corrected chi connectivity index (χ2v) is 4.51. The Bertz CT molecular complexity index is 627. The van der Waals surface area contributed by atoms with Crippen LogP contribution in [0.5, 0.6) is 0 Å². The summed E-state index contributed by atoms with van der Waals surface area (Å²) < 4.78 is 0. The molecule has 0 unspecified atom stereocenters. The van der Waals surface area contributed by atoms with Crippen LogP contribution in [0.3, 0.4) is 0 Å². The van der Waals surface area contributed by atoms with E-state index in [2.05, 4.69) is 4.98 Å². The lowest BCUT2D eigenvalue weighted by Crippen LogP contribution is -2.23. The van der Waals surface area contributed by atoms with Crippen LogP contribution in [0, 0.1) is 0 Å². The van der Waals surface area contributed by atoms with Crippen LogP contribution >= 0.6 is 11.8 Å². The summed E-state index contributed by atoms with van der Waals surface area (Å²) in [5.41, 5.74) is 0.314. The molecule has 0 saturated heterocycles. The molecule has 18 heavy (non-hydrogen) atoms. The number of rotatable bonds is 4. The van der Waals surface area contributed by atoms with E-state index < -0.39 is 11.9 Å². The lowest BCUT2D eigenvalue weighted by atomic mass is 10.2. The number of carboxylic acid groups (broad SMARTS) is 2. The molecular formula is C12H8NO4S-. The molecule has 0 aliphatic heterocycles. The first-order valence-electron chi connectivity index (χ1n) is 5.03. The largest absolute Gasteiger partial charge is 0.543 e. The highest BCUT2D eigenvalue weighted by Gasteiger charge is 2.08. The van der Waals surface area contributed by atoms with Gasteiger partial charge in [0.25, 0.3) is 0 Å². The third-order valence-corrected chi connectivity index (χ3v) is 3.28. The topological polar surface area (TPSA) is 90.3 Å². The Labute approximate surface area is 106 Å². The predicted molar refractivity (Wildman–Crippen MR) is 64.4 cm³/mol. The number of thioether (sulfide) groups is 1. The summed E-state index contributed by atoms with van der Waals surface area (Å²) in [6, 6.07) is 8.30. The standard InChI is InChI=1S/C12H9NO4S/c14-11(15)6-18-10-5-9(12(16)17)13-8-4-2-1-3-7(8)10/h1-5H,6H2,(H,14,15)(H,16,17)/p-1. The van der Waals surface area contributed by atoms with Crippen molar-refractivity contribution in [3.63, 3.8) is 0 Å². The second-order valence-electron chi connectivity index (χ2n) is 3.49. The van der Waals surface area contributed by atoms with E-state index in [1.54, 1.807) is 24.3 Å². The van der Waals surface area contributed by atoms with Crippen LogP contribution in [0.4, 0.5) is 0 Å². The summed E-state index contributed by atoms with van der Waals surface area (Å²) in [5, 5.41) is 20.2. The Morgan fingerprint density at radius 1 is 1.33 bits per heavy atom. The van der Waals surface area contributed by atoms with E-state index >= 15 is 0 Å². The first-order chi connectivity index (χ1) is 8.58. The fourth-order valence-electron chi connectivity index (χ4n) is 1.51. The molecule has 0 saturated carbocycles. The van der Waals surface area contributed by atoms with Gasteiger partial charge in [-0.05, 0) is 12.1 Å². The molecule has 1 aromatic carbocycles. The highest BCUT2D eigenvalue weighted by atomic mass is 32.2. The van der Waals surface area contributed by atoms with Gasteiger partial charge in [0.05, 0.1) is 22.9 Å². The normalized spacial score (nSPS) is 10.4. The van der Waals surface area contributed by atoms with Crippen molar-refractivity contribution in [2.75, 3.05) is 5.75 Å². The summed E-state index contributed by atoms with van der Waals surface area (Å²) in [7, 11) is 0. The number of fused-ring (bicyclic) bond motifs is 1. The van der Waals surface area contributed by atoms with Gasteiger partial charge in [0.2, 0.25) is 0 Å². The van der Waals surface area contributed by atoms with Crippen molar-refractivity contribution < 1.29 is 19.8 Å². The SMILES string of the molecule is O=C(O)CSc1cc(C(=O)[O-])nc2ccccc12. The third-order valence-electron chi connectivity index (χ3n) is 2.24. The van der Waals surface area contributed by atoms with Crippen LogP contribution in [-0.2, 0) is 4.79 Å². The molecule has 92 valence electrons. The zero-order chi connectivity index (χ0) is 13.1. The molecule has 0 fully saturated rings. The predicted octanol–water partition coefficient (Wildman–Crippen LogP) is 0.775. The molecule has 0 bridgehead atoms. The van der Waals surface area contributed by atoms with E-state index in [1.807, 2.05) is 0 Å². The van der Waals surface area contributed by atoms with Crippen molar-refractivity contribution in [1.82, 2.24) is 4.98 Å². The van der Waals surface area contributed by atoms with Gasteiger partial charge in [0.1, 0.15) is 0 Å². The van der Waals surface area contributed by atoms with Crippen LogP contribution in [0.1, 0.15) is 10.5 Å². The molecule has 2 aromatic rings. The van der Waals surface area contributed by atoms with Crippen molar-refractivity contribution >= 4 is 34.6 Å². The van der Waals surface area contributed by atoms with E-state index in [9.17, 15) is 14.7 Å². The second kappa shape index (κ2) is 5.05. The number of hydrogen-bond donors (Lipinski definition) is 1. The quantitative estimate of drug-likeness (QED) is 0.819. The molecule has 0 aliphatic rings. The van der Waals surface area contributed by atoms with E-state index in [0.29, 0.717) is 10.4 Å². The summed E-state index contributed by atoms with van der Waals surface area (Å²) in [5.74, 6) is -2.48. The highest BCUT2D eigenvalue weighted by molar-refractivity contribution is 8.00. The van der Waals surface area contributed by atoms with Crippen LogP contribution in [-0.4, -0.2) is 27.8 Å². The lowest BCUT2D eigenvalue weighted by molar-refractivity contribution is -0.255. The average Bonchev–Trinajstić information content (AvgIpc) is 2.35. The minimum atomic E-state index is -1.38. The molecule has 2 rings (SSSR count). The van der Waals surface area contributed by atoms with E-state index in [1.165, 1.54) is 6.07 Å². The molecule has 0 amide bonds. The molecule has 6 heteroatoms. The number of carbonyl (C=O) groups is 2. The van der Waals surface area contributed by atoms with Gasteiger partial charge in [0, 0.05) is 10.3 Å². The molecule has 5 nitrogen and oxygen atoms in total. The number of aromatic carboxylic acids is 1. The molecule has 0 spiro atoms. The Kier molecular flexibility index (Phi) is 3.47. The van der Waals surface area contributed by atoms with Crippen LogP contribution in [0.15, 0.2) is 35.2 Å². The monoisotopic (exact) mass is 262 g/mol. The first-order valence-corrected chi connectivity index (χ1v) is 6.02. The molecule has 1 heterocycles. The summed E-state index contributed by atoms with van der Waals surface area (Å²) in [6.45, 7) is 0. The van der Waals surface area contributed by atoms with E-state index in [0.717, 1.165) is 17.1 Å². The molecule has 1 aromatic heterocycles. The molecule has 0 radical (unpaired) electrons. The van der Waals surface area contributed by atoms with Crippen LogP contribution in [0.25, 0.3) is 10.9 Å². The Hall–Kier alpha value is -2.08. The number of carboxylic acids is 2. The number of aromatic nitrogens is 1. The Morgan fingerprint density at radius 3 is 2.72 bits per heavy atom. The molecular weight excluding hydrogens is 254 g/mol. The maximum atomic E-state index is 10.8.